The summed E-state index contributed by atoms with van der Waals surface area (Å²) in [6.45, 7) is 5.30. The second kappa shape index (κ2) is 8.98. The van der Waals surface area contributed by atoms with Crippen LogP contribution in [0.3, 0.4) is 0 Å². The van der Waals surface area contributed by atoms with E-state index in [0.29, 0.717) is 6.54 Å². The van der Waals surface area contributed by atoms with E-state index in [0.717, 1.165) is 17.0 Å². The molecule has 140 valence electrons. The Morgan fingerprint density at radius 3 is 2.44 bits per heavy atom. The zero-order chi connectivity index (χ0) is 19.2. The maximum absolute atomic E-state index is 12.7. The van der Waals surface area contributed by atoms with Gasteiger partial charge in [-0.2, -0.15) is 0 Å². The number of carbonyl (C=O) groups is 1. The van der Waals surface area contributed by atoms with Gasteiger partial charge in [0.15, 0.2) is 0 Å². The van der Waals surface area contributed by atoms with Crippen molar-refractivity contribution in [3.63, 3.8) is 0 Å². The van der Waals surface area contributed by atoms with E-state index < -0.39 is 0 Å². The van der Waals surface area contributed by atoms with Crippen molar-refractivity contribution in [3.8, 4) is 0 Å². The lowest BCUT2D eigenvalue weighted by molar-refractivity contribution is -0.122. The average Bonchev–Trinajstić information content (AvgIpc) is 3.17. The van der Waals surface area contributed by atoms with Crippen molar-refractivity contribution in [1.29, 1.82) is 0 Å². The molecule has 0 fully saturated rings. The second-order valence-electron chi connectivity index (χ2n) is 7.03. The highest BCUT2D eigenvalue weighted by atomic mass is 32.1. The van der Waals surface area contributed by atoms with Crippen molar-refractivity contribution < 1.29 is 4.79 Å². The molecule has 1 N–H and O–H groups in total. The van der Waals surface area contributed by atoms with Gasteiger partial charge in [0.2, 0.25) is 5.91 Å². The minimum absolute atomic E-state index is 0.0325. The van der Waals surface area contributed by atoms with E-state index in [1.807, 2.05) is 30.6 Å². The van der Waals surface area contributed by atoms with Gasteiger partial charge in [0.1, 0.15) is 0 Å². The number of amides is 1. The quantitative estimate of drug-likeness (QED) is 0.646. The van der Waals surface area contributed by atoms with Gasteiger partial charge in [0.05, 0.1) is 12.6 Å². The molecule has 4 heteroatoms. The Morgan fingerprint density at radius 2 is 1.78 bits per heavy atom. The van der Waals surface area contributed by atoms with Crippen LogP contribution in [0.5, 0.6) is 0 Å². The summed E-state index contributed by atoms with van der Waals surface area (Å²) < 4.78 is 0. The number of nitrogens with zero attached hydrogens (tertiary/aromatic N) is 1. The fourth-order valence-electron chi connectivity index (χ4n) is 3.12. The zero-order valence-corrected chi connectivity index (χ0v) is 16.9. The molecule has 3 aromatic rings. The number of likely N-dealkylation sites (N-methyl/N-ethyl adjacent to an activating group) is 1. The van der Waals surface area contributed by atoms with E-state index >= 15 is 0 Å². The normalized spacial score (nSPS) is 12.1. The molecule has 0 spiro atoms. The average molecular weight is 379 g/mol. The van der Waals surface area contributed by atoms with Crippen LogP contribution >= 0.6 is 11.3 Å². The number of aryl methyl sites for hydroxylation is 2. The van der Waals surface area contributed by atoms with Crippen LogP contribution in [-0.4, -0.2) is 24.4 Å². The van der Waals surface area contributed by atoms with Crippen LogP contribution in [0, 0.1) is 13.8 Å². The lowest BCUT2D eigenvalue weighted by atomic mass is 10.0. The summed E-state index contributed by atoms with van der Waals surface area (Å²) in [7, 11) is 1.98. The van der Waals surface area contributed by atoms with Crippen LogP contribution in [0.4, 0.5) is 0 Å². The molecule has 0 saturated carbocycles. The van der Waals surface area contributed by atoms with Crippen LogP contribution in [0.1, 0.15) is 33.2 Å². The second-order valence-corrected chi connectivity index (χ2v) is 8.00. The van der Waals surface area contributed by atoms with Crippen molar-refractivity contribution in [1.82, 2.24) is 10.2 Å². The minimum Gasteiger partial charge on any atom is -0.343 e. The lowest BCUT2D eigenvalue weighted by Crippen LogP contribution is -2.37. The van der Waals surface area contributed by atoms with Crippen LogP contribution in [0.2, 0.25) is 0 Å². The summed E-state index contributed by atoms with van der Waals surface area (Å²) in [6.07, 6.45) is 0. The molecular weight excluding hydrogens is 352 g/mol. The molecule has 0 aliphatic carbocycles. The van der Waals surface area contributed by atoms with Gasteiger partial charge in [0, 0.05) is 11.4 Å². The first-order valence-electron chi connectivity index (χ1n) is 9.15. The van der Waals surface area contributed by atoms with Gasteiger partial charge in [-0.25, -0.2) is 0 Å². The number of carbonyl (C=O) groups excluding carboxylic acids is 1. The highest BCUT2D eigenvalue weighted by molar-refractivity contribution is 7.10. The van der Waals surface area contributed by atoms with Crippen LogP contribution < -0.4 is 5.32 Å². The van der Waals surface area contributed by atoms with Crippen molar-refractivity contribution in [2.45, 2.75) is 26.4 Å². The van der Waals surface area contributed by atoms with Crippen molar-refractivity contribution >= 4 is 17.2 Å². The highest BCUT2D eigenvalue weighted by Crippen LogP contribution is 2.26. The zero-order valence-electron chi connectivity index (χ0n) is 16.1. The Kier molecular flexibility index (Phi) is 6.43. The van der Waals surface area contributed by atoms with Gasteiger partial charge in [-0.1, -0.05) is 60.2 Å². The fraction of sp³-hybridized carbons (Fsp3) is 0.261. The summed E-state index contributed by atoms with van der Waals surface area (Å²) in [6, 6.07) is 20.7. The van der Waals surface area contributed by atoms with Gasteiger partial charge in [-0.3, -0.25) is 9.69 Å². The Bertz CT molecular complexity index is 872. The lowest BCUT2D eigenvalue weighted by Gasteiger charge is -2.22. The van der Waals surface area contributed by atoms with Gasteiger partial charge in [0.25, 0.3) is 0 Å². The number of benzene rings is 2. The van der Waals surface area contributed by atoms with E-state index in [9.17, 15) is 4.79 Å². The molecule has 1 amide bonds. The van der Waals surface area contributed by atoms with E-state index in [2.05, 4.69) is 66.5 Å². The molecule has 1 aromatic heterocycles. The summed E-state index contributed by atoms with van der Waals surface area (Å²) in [5.41, 5.74) is 4.83. The molecule has 3 rings (SSSR count). The van der Waals surface area contributed by atoms with E-state index in [4.69, 9.17) is 0 Å². The minimum atomic E-state index is -0.107. The molecule has 27 heavy (non-hydrogen) atoms. The fourth-order valence-corrected chi connectivity index (χ4v) is 3.92. The van der Waals surface area contributed by atoms with Gasteiger partial charge in [-0.05, 0) is 49.0 Å². The largest absolute Gasteiger partial charge is 0.343 e. The predicted octanol–water partition coefficient (Wildman–Crippen LogP) is 4.70. The summed E-state index contributed by atoms with van der Waals surface area (Å²) >= 11 is 1.67. The van der Waals surface area contributed by atoms with Gasteiger partial charge >= 0.3 is 0 Å². The third-order valence-corrected chi connectivity index (χ3v) is 5.60. The number of hydrogen-bond acceptors (Lipinski definition) is 3. The molecular formula is C23H26N2OS. The number of nitrogens with one attached hydrogen (secondary N) is 1. The Labute approximate surface area is 165 Å². The van der Waals surface area contributed by atoms with Crippen LogP contribution in [-0.2, 0) is 11.3 Å². The van der Waals surface area contributed by atoms with E-state index in [1.165, 1.54) is 16.7 Å². The third kappa shape index (κ3) is 5.28. The van der Waals surface area contributed by atoms with Crippen molar-refractivity contribution in [2.24, 2.45) is 0 Å². The molecule has 1 heterocycles. The first-order valence-corrected chi connectivity index (χ1v) is 10.0. The van der Waals surface area contributed by atoms with Crippen molar-refractivity contribution in [2.75, 3.05) is 13.6 Å². The van der Waals surface area contributed by atoms with Gasteiger partial charge in [-0.15, -0.1) is 11.3 Å². The van der Waals surface area contributed by atoms with E-state index in [-0.39, 0.29) is 11.9 Å². The molecule has 1 unspecified atom stereocenters. The monoisotopic (exact) mass is 378 g/mol. The SMILES string of the molecule is Cc1ccc(C(NC(=O)CN(C)Cc2ccccc2C)c2cccs2)cc1. The molecule has 0 radical (unpaired) electrons. The standard InChI is InChI=1S/C23H26N2OS/c1-17-10-12-19(13-11-17)23(21-9-6-14-27-21)24-22(26)16-25(3)15-20-8-5-4-7-18(20)2/h4-14,23H,15-16H2,1-3H3,(H,24,26). The maximum atomic E-state index is 12.7. The first kappa shape index (κ1) is 19.3. The predicted molar refractivity (Wildman–Crippen MR) is 113 cm³/mol. The molecule has 1 atom stereocenters. The Morgan fingerprint density at radius 1 is 1.04 bits per heavy atom. The summed E-state index contributed by atoms with van der Waals surface area (Å²) in [5, 5.41) is 5.26. The highest BCUT2D eigenvalue weighted by Gasteiger charge is 2.18. The molecule has 0 aliphatic rings. The number of hydrogen-bond donors (Lipinski definition) is 1. The van der Waals surface area contributed by atoms with Crippen LogP contribution in [0.15, 0.2) is 66.0 Å². The Hall–Kier alpha value is -2.43. The first-order chi connectivity index (χ1) is 13.0. The van der Waals surface area contributed by atoms with E-state index in [1.54, 1.807) is 11.3 Å². The number of rotatable bonds is 7. The number of thiophene rings is 1. The smallest absolute Gasteiger partial charge is 0.234 e. The molecule has 0 saturated heterocycles. The summed E-state index contributed by atoms with van der Waals surface area (Å²) in [5.74, 6) is 0.0325. The summed E-state index contributed by atoms with van der Waals surface area (Å²) in [4.78, 5) is 15.9. The van der Waals surface area contributed by atoms with Gasteiger partial charge < -0.3 is 5.32 Å². The molecule has 0 bridgehead atoms. The third-order valence-electron chi connectivity index (χ3n) is 4.66. The van der Waals surface area contributed by atoms with Crippen molar-refractivity contribution in [3.05, 3.63) is 93.2 Å². The maximum Gasteiger partial charge on any atom is 0.234 e. The molecule has 2 aromatic carbocycles. The molecule has 3 nitrogen and oxygen atoms in total. The van der Waals surface area contributed by atoms with Crippen LogP contribution in [0.25, 0.3) is 0 Å². The molecule has 0 aliphatic heterocycles. The topological polar surface area (TPSA) is 32.3 Å². The Balaban J connectivity index is 1.67.